The van der Waals surface area contributed by atoms with Gasteiger partial charge in [-0.2, -0.15) is 14.9 Å². The van der Waals surface area contributed by atoms with Crippen LogP contribution in [-0.4, -0.2) is 45.2 Å². The molecule has 1 amide bonds. The van der Waals surface area contributed by atoms with Crippen LogP contribution in [0.25, 0.3) is 0 Å². The van der Waals surface area contributed by atoms with Crippen molar-refractivity contribution in [1.29, 1.82) is 0 Å². The molecule has 3 aromatic heterocycles. The van der Waals surface area contributed by atoms with Crippen molar-refractivity contribution in [2.24, 2.45) is 0 Å². The Bertz CT molecular complexity index is 1240. The average Bonchev–Trinajstić information content (AvgIpc) is 3.47. The summed E-state index contributed by atoms with van der Waals surface area (Å²) in [6, 6.07) is 8.37. The van der Waals surface area contributed by atoms with E-state index in [9.17, 15) is 14.9 Å². The molecule has 0 unspecified atom stereocenters. The molecule has 14 heteroatoms. The molecule has 3 heterocycles. The first-order valence-corrected chi connectivity index (χ1v) is 9.49. The summed E-state index contributed by atoms with van der Waals surface area (Å²) in [5, 5.41) is 26.5. The van der Waals surface area contributed by atoms with Crippen molar-refractivity contribution >= 4 is 40.9 Å². The van der Waals surface area contributed by atoms with Crippen LogP contribution < -0.4 is 5.32 Å². The molecule has 0 aliphatic carbocycles. The van der Waals surface area contributed by atoms with Gasteiger partial charge < -0.3 is 15.4 Å². The number of hydrogen-bond acceptors (Lipinski definition) is 7. The van der Waals surface area contributed by atoms with Crippen LogP contribution >= 0.6 is 23.2 Å². The Morgan fingerprint density at radius 2 is 1.77 bits per heavy atom. The zero-order chi connectivity index (χ0) is 22.0. The fourth-order valence-electron chi connectivity index (χ4n) is 2.69. The number of carbonyl (C=O) groups is 1. The van der Waals surface area contributed by atoms with E-state index in [0.717, 1.165) is 5.56 Å². The summed E-state index contributed by atoms with van der Waals surface area (Å²) >= 11 is 12.4. The van der Waals surface area contributed by atoms with Gasteiger partial charge in [0.1, 0.15) is 0 Å². The van der Waals surface area contributed by atoms with Crippen LogP contribution in [0.15, 0.2) is 49.1 Å². The maximum atomic E-state index is 12.4. The minimum absolute atomic E-state index is 0.0569. The van der Waals surface area contributed by atoms with E-state index >= 15 is 0 Å². The lowest BCUT2D eigenvalue weighted by Crippen LogP contribution is -2.15. The van der Waals surface area contributed by atoms with Crippen molar-refractivity contribution in [2.75, 3.05) is 5.32 Å². The molecule has 4 rings (SSSR count). The van der Waals surface area contributed by atoms with E-state index in [2.05, 4.69) is 25.6 Å². The van der Waals surface area contributed by atoms with Gasteiger partial charge in [0, 0.05) is 39.2 Å². The largest absolute Gasteiger partial charge is 0.491 e. The van der Waals surface area contributed by atoms with Gasteiger partial charge in [0.25, 0.3) is 5.91 Å². The van der Waals surface area contributed by atoms with Crippen LogP contribution in [0.4, 0.5) is 11.8 Å². The molecular weight excluding hydrogens is 449 g/mol. The van der Waals surface area contributed by atoms with Gasteiger partial charge in [-0.3, -0.25) is 9.48 Å². The Morgan fingerprint density at radius 3 is 2.48 bits per heavy atom. The summed E-state index contributed by atoms with van der Waals surface area (Å²) in [6.07, 6.45) is 4.43. The van der Waals surface area contributed by atoms with E-state index in [0.29, 0.717) is 22.4 Å². The van der Waals surface area contributed by atoms with Crippen molar-refractivity contribution in [1.82, 2.24) is 34.3 Å². The summed E-state index contributed by atoms with van der Waals surface area (Å²) in [4.78, 5) is 25.9. The van der Waals surface area contributed by atoms with E-state index in [-0.39, 0.29) is 12.4 Å². The summed E-state index contributed by atoms with van der Waals surface area (Å²) in [7, 11) is 0. The number of rotatable bonds is 7. The number of anilines is 1. The molecule has 0 aliphatic heterocycles. The number of nitrogens with zero attached hydrogens (tertiary/aromatic N) is 8. The Balaban J connectivity index is 1.39. The monoisotopic (exact) mass is 461 g/mol. The van der Waals surface area contributed by atoms with Gasteiger partial charge in [0.05, 0.1) is 6.54 Å². The number of hydrogen-bond donors (Lipinski definition) is 1. The van der Waals surface area contributed by atoms with Crippen molar-refractivity contribution in [3.63, 3.8) is 0 Å². The highest BCUT2D eigenvalue weighted by atomic mass is 35.5. The molecule has 0 radical (unpaired) electrons. The van der Waals surface area contributed by atoms with Gasteiger partial charge in [0.2, 0.25) is 6.33 Å². The third-order valence-corrected chi connectivity index (χ3v) is 4.82. The molecule has 1 N–H and O–H groups in total. The third-order valence-electron chi connectivity index (χ3n) is 4.11. The van der Waals surface area contributed by atoms with Crippen LogP contribution in [0.2, 0.25) is 10.0 Å². The van der Waals surface area contributed by atoms with E-state index in [1.165, 1.54) is 21.8 Å². The van der Waals surface area contributed by atoms with Gasteiger partial charge >= 0.3 is 5.95 Å². The third kappa shape index (κ3) is 4.70. The Labute approximate surface area is 184 Å². The van der Waals surface area contributed by atoms with Gasteiger partial charge in [0.15, 0.2) is 18.2 Å². The van der Waals surface area contributed by atoms with Crippen molar-refractivity contribution in [3.05, 3.63) is 80.5 Å². The standard InChI is InChI=1S/C17H13Cl2N9O3/c18-12-2-1-3-13(19)11(12)8-25-7-5-15(23-25)21-16(29)14-4-6-26(22-14)10-27-9-20-17(24-27)28(30)31/h1-7,9H,8,10H2,(H,21,23,29). The highest BCUT2D eigenvalue weighted by Crippen LogP contribution is 2.25. The Hall–Kier alpha value is -3.77. The van der Waals surface area contributed by atoms with Gasteiger partial charge in [-0.25, -0.2) is 4.68 Å². The van der Waals surface area contributed by atoms with E-state index in [1.807, 2.05) is 0 Å². The van der Waals surface area contributed by atoms with Gasteiger partial charge in [-0.1, -0.05) is 34.3 Å². The highest BCUT2D eigenvalue weighted by molar-refractivity contribution is 6.35. The first kappa shape index (κ1) is 20.5. The molecule has 0 atom stereocenters. The molecule has 0 spiro atoms. The molecule has 0 saturated heterocycles. The zero-order valence-corrected chi connectivity index (χ0v) is 17.1. The minimum Gasteiger partial charge on any atom is -0.390 e. The predicted octanol–water partition coefficient (Wildman–Crippen LogP) is 2.69. The molecular formula is C17H13Cl2N9O3. The number of benzene rings is 1. The Morgan fingerprint density at radius 1 is 1.03 bits per heavy atom. The molecule has 0 fully saturated rings. The second kappa shape index (κ2) is 8.53. The van der Waals surface area contributed by atoms with E-state index < -0.39 is 16.8 Å². The predicted molar refractivity (Wildman–Crippen MR) is 110 cm³/mol. The van der Waals surface area contributed by atoms with E-state index in [4.69, 9.17) is 23.2 Å². The summed E-state index contributed by atoms with van der Waals surface area (Å²) < 4.78 is 4.22. The smallest absolute Gasteiger partial charge is 0.390 e. The minimum atomic E-state index is -0.697. The topological polar surface area (TPSA) is 139 Å². The maximum Gasteiger partial charge on any atom is 0.491 e. The SMILES string of the molecule is O=C(Nc1ccn(Cc2c(Cl)cccc2Cl)n1)c1ccn(Cn2cnc([N+](=O)[O-])n2)n1. The molecule has 0 aliphatic rings. The second-order valence-corrected chi connectivity index (χ2v) is 7.09. The first-order valence-electron chi connectivity index (χ1n) is 8.74. The molecule has 31 heavy (non-hydrogen) atoms. The number of aromatic nitrogens is 7. The first-order chi connectivity index (χ1) is 14.9. The molecule has 4 aromatic rings. The number of nitro groups is 1. The van der Waals surface area contributed by atoms with Crippen molar-refractivity contribution in [3.8, 4) is 0 Å². The lowest BCUT2D eigenvalue weighted by atomic mass is 10.2. The summed E-state index contributed by atoms with van der Waals surface area (Å²) in [5.41, 5.74) is 0.859. The number of carbonyl (C=O) groups excluding carboxylic acids is 1. The number of amides is 1. The zero-order valence-electron chi connectivity index (χ0n) is 15.6. The van der Waals surface area contributed by atoms with Crippen LogP contribution in [-0.2, 0) is 13.2 Å². The van der Waals surface area contributed by atoms with Crippen LogP contribution in [0.5, 0.6) is 0 Å². The second-order valence-electron chi connectivity index (χ2n) is 6.28. The molecule has 0 saturated carbocycles. The van der Waals surface area contributed by atoms with Gasteiger partial charge in [-0.05, 0) is 23.1 Å². The summed E-state index contributed by atoms with van der Waals surface area (Å²) in [5.74, 6) is -0.655. The lowest BCUT2D eigenvalue weighted by molar-refractivity contribution is -0.394. The fraction of sp³-hybridized carbons (Fsp3) is 0.118. The Kier molecular flexibility index (Phi) is 5.64. The molecule has 0 bridgehead atoms. The number of halogens is 2. The maximum absolute atomic E-state index is 12.4. The molecule has 12 nitrogen and oxygen atoms in total. The van der Waals surface area contributed by atoms with E-state index in [1.54, 1.807) is 41.3 Å². The average molecular weight is 462 g/mol. The lowest BCUT2D eigenvalue weighted by Gasteiger charge is -2.06. The molecule has 1 aromatic carbocycles. The fourth-order valence-corrected chi connectivity index (χ4v) is 3.21. The summed E-state index contributed by atoms with van der Waals surface area (Å²) in [6.45, 7) is 0.397. The quantitative estimate of drug-likeness (QED) is 0.329. The van der Waals surface area contributed by atoms with Gasteiger partial charge in [-0.15, -0.1) is 0 Å². The van der Waals surface area contributed by atoms with Crippen LogP contribution in [0, 0.1) is 10.1 Å². The highest BCUT2D eigenvalue weighted by Gasteiger charge is 2.15. The van der Waals surface area contributed by atoms with Crippen LogP contribution in [0.1, 0.15) is 16.1 Å². The van der Waals surface area contributed by atoms with Crippen molar-refractivity contribution in [2.45, 2.75) is 13.2 Å². The van der Waals surface area contributed by atoms with Crippen molar-refractivity contribution < 1.29 is 9.72 Å². The normalized spacial score (nSPS) is 10.9. The number of nitrogens with one attached hydrogen (secondary N) is 1. The van der Waals surface area contributed by atoms with Crippen LogP contribution in [0.3, 0.4) is 0 Å². The molecule has 158 valence electrons.